The number of fused-ring (bicyclic) bond motifs is 12. The Labute approximate surface area is 404 Å². The zero-order valence-corrected chi connectivity index (χ0v) is 38.5. The lowest BCUT2D eigenvalue weighted by Gasteiger charge is -2.30. The standard InChI is InChI=1S/C69H48/c1-44-54(51-33-30-46-18-8-9-21-50(46)40-51)38-39-56(62-43-63(62)68(44)49-31-28-47(29-32-49)45-16-4-2-5-17-45)52-34-36-55(61(41-52)48-19-6-3-7-20-48)53-35-37-60-59-24-12-15-27-66(59)69(67(60)42-53)64-25-13-10-22-57(64)58-23-11-14-26-65(58)69/h2-38,40-43,56,63H,39H2,1H3/b54-38+,68-44-. The molecule has 10 aromatic carbocycles. The van der Waals surface area contributed by atoms with Crippen LogP contribution in [0.15, 0.2) is 260 Å². The Balaban J connectivity index is 0.909. The third-order valence-electron chi connectivity index (χ3n) is 15.9. The van der Waals surface area contributed by atoms with E-state index in [9.17, 15) is 0 Å². The molecule has 69 heavy (non-hydrogen) atoms. The summed E-state index contributed by atoms with van der Waals surface area (Å²) in [6.07, 6.45) is 6.02. The molecular weight excluding hydrogens is 829 g/mol. The zero-order valence-electron chi connectivity index (χ0n) is 38.5. The summed E-state index contributed by atoms with van der Waals surface area (Å²) >= 11 is 0. The van der Waals surface area contributed by atoms with Crippen molar-refractivity contribution in [3.63, 3.8) is 0 Å². The molecule has 0 heterocycles. The van der Waals surface area contributed by atoms with E-state index in [0.29, 0.717) is 0 Å². The molecule has 0 radical (unpaired) electrons. The minimum Gasteiger partial charge on any atom is -0.0755 e. The van der Waals surface area contributed by atoms with Gasteiger partial charge in [-0.25, -0.2) is 0 Å². The molecule has 0 nitrogen and oxygen atoms in total. The van der Waals surface area contributed by atoms with Crippen LogP contribution in [-0.2, 0) is 5.41 Å². The molecule has 0 saturated carbocycles. The van der Waals surface area contributed by atoms with E-state index in [1.54, 1.807) is 0 Å². The molecule has 0 saturated heterocycles. The van der Waals surface area contributed by atoms with Gasteiger partial charge in [-0.1, -0.05) is 236 Å². The van der Waals surface area contributed by atoms with Gasteiger partial charge in [-0.15, -0.1) is 0 Å². The van der Waals surface area contributed by atoms with Crippen LogP contribution in [0.2, 0.25) is 0 Å². The van der Waals surface area contributed by atoms with Crippen molar-refractivity contribution in [2.45, 2.75) is 24.7 Å². The first-order valence-corrected chi connectivity index (χ1v) is 24.5. The van der Waals surface area contributed by atoms with Crippen molar-refractivity contribution in [2.75, 3.05) is 0 Å². The van der Waals surface area contributed by atoms with Gasteiger partial charge in [0.05, 0.1) is 5.41 Å². The Morgan fingerprint density at radius 3 is 1.57 bits per heavy atom. The maximum atomic E-state index is 2.55. The largest absolute Gasteiger partial charge is 0.0755 e. The van der Waals surface area contributed by atoms with Gasteiger partial charge in [-0.05, 0) is 154 Å². The second-order valence-corrected chi connectivity index (χ2v) is 19.4. The van der Waals surface area contributed by atoms with Gasteiger partial charge in [0.25, 0.3) is 0 Å². The first-order valence-electron chi connectivity index (χ1n) is 24.5. The summed E-state index contributed by atoms with van der Waals surface area (Å²) in [5.41, 5.74) is 27.4. The van der Waals surface area contributed by atoms with Gasteiger partial charge < -0.3 is 0 Å². The fourth-order valence-corrected chi connectivity index (χ4v) is 12.7. The van der Waals surface area contributed by atoms with E-state index in [1.165, 1.54) is 128 Å². The molecule has 4 aliphatic carbocycles. The minimum atomic E-state index is -0.394. The van der Waals surface area contributed by atoms with Crippen LogP contribution in [0.1, 0.15) is 58.2 Å². The lowest BCUT2D eigenvalue weighted by atomic mass is 9.70. The third kappa shape index (κ3) is 6.15. The number of hydrogen-bond donors (Lipinski definition) is 0. The Kier molecular flexibility index (Phi) is 9.02. The second-order valence-electron chi connectivity index (χ2n) is 19.4. The molecule has 0 bridgehead atoms. The molecule has 324 valence electrons. The van der Waals surface area contributed by atoms with Crippen molar-refractivity contribution in [3.8, 4) is 55.6 Å². The van der Waals surface area contributed by atoms with Crippen LogP contribution in [-0.4, -0.2) is 0 Å². The van der Waals surface area contributed by atoms with Gasteiger partial charge in [-0.3, -0.25) is 0 Å². The van der Waals surface area contributed by atoms with Gasteiger partial charge in [0.15, 0.2) is 0 Å². The summed E-state index contributed by atoms with van der Waals surface area (Å²) in [6.45, 7) is 2.36. The van der Waals surface area contributed by atoms with Gasteiger partial charge >= 0.3 is 0 Å². The van der Waals surface area contributed by atoms with Gasteiger partial charge in [0.2, 0.25) is 0 Å². The van der Waals surface area contributed by atoms with Crippen molar-refractivity contribution >= 4 is 21.9 Å². The highest BCUT2D eigenvalue weighted by atomic mass is 14.5. The smallest absolute Gasteiger partial charge is 0.0725 e. The Hall–Kier alpha value is -8.32. The van der Waals surface area contributed by atoms with Crippen LogP contribution in [0.3, 0.4) is 0 Å². The topological polar surface area (TPSA) is 0 Å². The van der Waals surface area contributed by atoms with Crippen LogP contribution in [0.25, 0.3) is 77.6 Å². The highest BCUT2D eigenvalue weighted by Crippen LogP contribution is 2.63. The van der Waals surface area contributed by atoms with Crippen molar-refractivity contribution in [1.82, 2.24) is 0 Å². The van der Waals surface area contributed by atoms with Crippen LogP contribution in [0.4, 0.5) is 0 Å². The molecule has 0 aromatic heterocycles. The van der Waals surface area contributed by atoms with Crippen molar-refractivity contribution in [3.05, 3.63) is 299 Å². The first-order chi connectivity index (χ1) is 34.1. The van der Waals surface area contributed by atoms with E-state index in [0.717, 1.165) is 6.42 Å². The zero-order chi connectivity index (χ0) is 45.6. The molecule has 0 aliphatic heterocycles. The van der Waals surface area contributed by atoms with Crippen LogP contribution < -0.4 is 0 Å². The summed E-state index contributed by atoms with van der Waals surface area (Å²) in [4.78, 5) is 0. The van der Waals surface area contributed by atoms with E-state index in [2.05, 4.69) is 256 Å². The van der Waals surface area contributed by atoms with E-state index < -0.39 is 5.41 Å². The average Bonchev–Trinajstić information content (AvgIpc) is 4.04. The summed E-state index contributed by atoms with van der Waals surface area (Å²) in [5, 5.41) is 2.54. The Morgan fingerprint density at radius 1 is 0.362 bits per heavy atom. The van der Waals surface area contributed by atoms with Crippen LogP contribution >= 0.6 is 0 Å². The molecule has 14 rings (SSSR count). The fourth-order valence-electron chi connectivity index (χ4n) is 12.7. The monoisotopic (exact) mass is 876 g/mol. The molecular formula is C69H48. The van der Waals surface area contributed by atoms with Gasteiger partial charge in [0, 0.05) is 11.8 Å². The summed E-state index contributed by atoms with van der Waals surface area (Å²) in [7, 11) is 0. The lowest BCUT2D eigenvalue weighted by molar-refractivity contribution is 0.794. The molecule has 0 fully saturated rings. The van der Waals surface area contributed by atoms with Crippen LogP contribution in [0.5, 0.6) is 0 Å². The summed E-state index contributed by atoms with van der Waals surface area (Å²) in [5.74, 6) is 0.506. The van der Waals surface area contributed by atoms with E-state index in [4.69, 9.17) is 0 Å². The van der Waals surface area contributed by atoms with Crippen molar-refractivity contribution < 1.29 is 0 Å². The maximum absolute atomic E-state index is 2.55. The molecule has 1 spiro atoms. The van der Waals surface area contributed by atoms with Crippen molar-refractivity contribution in [2.24, 2.45) is 5.92 Å². The predicted molar refractivity (Wildman–Crippen MR) is 289 cm³/mol. The number of benzene rings is 10. The quantitative estimate of drug-likeness (QED) is 0.146. The highest BCUT2D eigenvalue weighted by Gasteiger charge is 2.51. The molecule has 2 unspecified atom stereocenters. The molecule has 0 amide bonds. The van der Waals surface area contributed by atoms with E-state index in [1.807, 2.05) is 0 Å². The molecule has 0 N–H and O–H groups in total. The number of rotatable bonds is 6. The average molecular weight is 877 g/mol. The number of hydrogen-bond acceptors (Lipinski definition) is 0. The maximum Gasteiger partial charge on any atom is 0.0725 e. The molecule has 10 aromatic rings. The minimum absolute atomic E-state index is 0.234. The normalized spacial score (nSPS) is 18.7. The lowest BCUT2D eigenvalue weighted by Crippen LogP contribution is -2.25. The van der Waals surface area contributed by atoms with Gasteiger partial charge in [-0.2, -0.15) is 0 Å². The number of allylic oxidation sites excluding steroid dienone is 6. The van der Waals surface area contributed by atoms with E-state index in [-0.39, 0.29) is 11.8 Å². The molecule has 0 heteroatoms. The van der Waals surface area contributed by atoms with Crippen LogP contribution in [0, 0.1) is 5.92 Å². The summed E-state index contributed by atoms with van der Waals surface area (Å²) in [6, 6.07) is 88.9. The first kappa shape index (κ1) is 39.8. The SMILES string of the molecule is CC1=C(\c2ccc(-c3ccccc3)cc2)C2C=C2C(c2ccc(-c3ccc4c(c3)C3(c5ccccc5-c5ccccc53)c3ccccc3-4)c(-c3ccccc3)c2)C/C=C\1c1ccc2ccccc2c1. The molecule has 4 aliphatic rings. The van der Waals surface area contributed by atoms with Gasteiger partial charge in [0.1, 0.15) is 0 Å². The molecule has 2 atom stereocenters. The van der Waals surface area contributed by atoms with Crippen molar-refractivity contribution in [1.29, 1.82) is 0 Å². The second kappa shape index (κ2) is 15.6. The summed E-state index contributed by atoms with van der Waals surface area (Å²) < 4.78 is 0. The predicted octanol–water partition coefficient (Wildman–Crippen LogP) is 17.8. The Bertz CT molecular complexity index is 3740. The highest BCUT2D eigenvalue weighted by molar-refractivity contribution is 5.98. The Morgan fingerprint density at radius 2 is 0.884 bits per heavy atom. The van der Waals surface area contributed by atoms with E-state index >= 15 is 0 Å². The third-order valence-corrected chi connectivity index (χ3v) is 15.9. The fraction of sp³-hybridized carbons (Fsp3) is 0.0725.